The molecule has 0 bridgehead atoms. The molecular weight excluding hydrogens is 359 g/mol. The van der Waals surface area contributed by atoms with E-state index < -0.39 is 15.8 Å². The van der Waals surface area contributed by atoms with Gasteiger partial charge in [0.1, 0.15) is 10.7 Å². The van der Waals surface area contributed by atoms with Gasteiger partial charge < -0.3 is 5.73 Å². The molecule has 0 radical (unpaired) electrons. The molecule has 1 saturated carbocycles. The summed E-state index contributed by atoms with van der Waals surface area (Å²) in [7, 11) is -3.88. The van der Waals surface area contributed by atoms with Crippen LogP contribution < -0.4 is 10.5 Å². The molecular formula is C14H20BrFN2O2S. The number of benzene rings is 1. The second-order valence-corrected chi connectivity index (χ2v) is 8.09. The Morgan fingerprint density at radius 3 is 2.52 bits per heavy atom. The van der Waals surface area contributed by atoms with Crippen LogP contribution in [-0.4, -0.2) is 14.5 Å². The zero-order chi connectivity index (χ0) is 15.6. The van der Waals surface area contributed by atoms with Crippen molar-refractivity contribution in [2.24, 2.45) is 5.92 Å². The van der Waals surface area contributed by atoms with Gasteiger partial charge in [0, 0.05) is 16.2 Å². The summed E-state index contributed by atoms with van der Waals surface area (Å²) < 4.78 is 41.5. The van der Waals surface area contributed by atoms with Crippen molar-refractivity contribution in [2.45, 2.75) is 50.0 Å². The molecule has 2 rings (SSSR count). The van der Waals surface area contributed by atoms with E-state index in [1.54, 1.807) is 0 Å². The summed E-state index contributed by atoms with van der Waals surface area (Å²) in [5.41, 5.74) is 5.85. The molecule has 1 aromatic carbocycles. The van der Waals surface area contributed by atoms with Crippen LogP contribution in [0.5, 0.6) is 0 Å². The van der Waals surface area contributed by atoms with Crippen molar-refractivity contribution in [3.05, 3.63) is 22.4 Å². The van der Waals surface area contributed by atoms with Crippen molar-refractivity contribution in [3.8, 4) is 0 Å². The number of hydrogen-bond acceptors (Lipinski definition) is 3. The van der Waals surface area contributed by atoms with Crippen LogP contribution >= 0.6 is 15.9 Å². The van der Waals surface area contributed by atoms with E-state index in [2.05, 4.69) is 27.6 Å². The van der Waals surface area contributed by atoms with Crippen LogP contribution in [-0.2, 0) is 10.0 Å². The van der Waals surface area contributed by atoms with Crippen molar-refractivity contribution in [1.29, 1.82) is 0 Å². The number of nitrogens with two attached hydrogens (primary N) is 1. The van der Waals surface area contributed by atoms with Crippen LogP contribution in [0.2, 0.25) is 0 Å². The highest BCUT2D eigenvalue weighted by molar-refractivity contribution is 9.10. The molecule has 0 amide bonds. The van der Waals surface area contributed by atoms with Gasteiger partial charge in [-0.1, -0.05) is 13.3 Å². The molecule has 0 aliphatic heterocycles. The van der Waals surface area contributed by atoms with Crippen LogP contribution in [0, 0.1) is 11.7 Å². The lowest BCUT2D eigenvalue weighted by Crippen LogP contribution is -2.37. The summed E-state index contributed by atoms with van der Waals surface area (Å²) in [6.07, 6.45) is 4.73. The molecule has 0 atom stereocenters. The normalized spacial score (nSPS) is 23.2. The molecule has 3 N–H and O–H groups in total. The zero-order valence-electron chi connectivity index (χ0n) is 11.9. The third kappa shape index (κ3) is 3.96. The van der Waals surface area contributed by atoms with Crippen molar-refractivity contribution in [2.75, 3.05) is 5.73 Å². The van der Waals surface area contributed by atoms with E-state index in [0.717, 1.165) is 44.2 Å². The first-order valence-electron chi connectivity index (χ1n) is 7.10. The first-order chi connectivity index (χ1) is 9.83. The van der Waals surface area contributed by atoms with Crippen LogP contribution in [0.4, 0.5) is 10.1 Å². The van der Waals surface area contributed by atoms with Gasteiger partial charge in [-0.05, 0) is 59.7 Å². The van der Waals surface area contributed by atoms with Gasteiger partial charge in [0.2, 0.25) is 10.0 Å². The molecule has 1 aromatic rings. The Balaban J connectivity index is 2.14. The van der Waals surface area contributed by atoms with E-state index in [-0.39, 0.29) is 16.6 Å². The first-order valence-corrected chi connectivity index (χ1v) is 9.38. The van der Waals surface area contributed by atoms with Crippen LogP contribution in [0.3, 0.4) is 0 Å². The summed E-state index contributed by atoms with van der Waals surface area (Å²) in [6.45, 7) is 2.15. The molecule has 118 valence electrons. The van der Waals surface area contributed by atoms with E-state index in [4.69, 9.17) is 5.73 Å². The van der Waals surface area contributed by atoms with Gasteiger partial charge in [-0.2, -0.15) is 0 Å². The van der Waals surface area contributed by atoms with Crippen LogP contribution in [0.1, 0.15) is 39.0 Å². The molecule has 0 saturated heterocycles. The van der Waals surface area contributed by atoms with Gasteiger partial charge in [-0.3, -0.25) is 0 Å². The molecule has 21 heavy (non-hydrogen) atoms. The number of halogens is 2. The average molecular weight is 379 g/mol. The van der Waals surface area contributed by atoms with E-state index in [0.29, 0.717) is 10.4 Å². The molecule has 1 aliphatic rings. The maximum Gasteiger partial charge on any atom is 0.243 e. The van der Waals surface area contributed by atoms with Crippen molar-refractivity contribution in [1.82, 2.24) is 4.72 Å². The number of rotatable bonds is 4. The van der Waals surface area contributed by atoms with Gasteiger partial charge in [0.15, 0.2) is 0 Å². The predicted octanol–water partition coefficient (Wildman–Crippen LogP) is 3.42. The third-order valence-electron chi connectivity index (χ3n) is 4.09. The zero-order valence-corrected chi connectivity index (χ0v) is 14.3. The number of nitrogens with one attached hydrogen (secondary N) is 1. The van der Waals surface area contributed by atoms with E-state index in [1.807, 2.05) is 0 Å². The molecule has 1 aliphatic carbocycles. The van der Waals surface area contributed by atoms with Crippen LogP contribution in [0.15, 0.2) is 21.5 Å². The van der Waals surface area contributed by atoms with E-state index in [9.17, 15) is 12.8 Å². The monoisotopic (exact) mass is 378 g/mol. The Kier molecular flexibility index (Phi) is 5.27. The Bertz CT molecular complexity index is 614. The lowest BCUT2D eigenvalue weighted by atomic mass is 9.85. The number of hydrogen-bond donors (Lipinski definition) is 2. The molecule has 0 spiro atoms. The molecule has 0 aromatic heterocycles. The van der Waals surface area contributed by atoms with Gasteiger partial charge >= 0.3 is 0 Å². The minimum atomic E-state index is -3.88. The summed E-state index contributed by atoms with van der Waals surface area (Å²) in [4.78, 5) is -0.388. The topological polar surface area (TPSA) is 72.2 Å². The van der Waals surface area contributed by atoms with Gasteiger partial charge in [-0.15, -0.1) is 0 Å². The maximum atomic E-state index is 13.9. The molecule has 1 fully saturated rings. The van der Waals surface area contributed by atoms with Gasteiger partial charge in [-0.25, -0.2) is 17.5 Å². The highest BCUT2D eigenvalue weighted by Crippen LogP contribution is 2.29. The fraction of sp³-hybridized carbons (Fsp3) is 0.571. The van der Waals surface area contributed by atoms with E-state index in [1.165, 1.54) is 0 Å². The molecule has 0 heterocycles. The Hall–Kier alpha value is -0.660. The lowest BCUT2D eigenvalue weighted by Gasteiger charge is -2.28. The van der Waals surface area contributed by atoms with Crippen molar-refractivity contribution < 1.29 is 12.8 Å². The van der Waals surface area contributed by atoms with E-state index >= 15 is 0 Å². The molecule has 4 nitrogen and oxygen atoms in total. The quantitative estimate of drug-likeness (QED) is 0.788. The summed E-state index contributed by atoms with van der Waals surface area (Å²) in [6, 6.07) is 2.11. The Morgan fingerprint density at radius 2 is 1.95 bits per heavy atom. The average Bonchev–Trinajstić information content (AvgIpc) is 2.43. The second kappa shape index (κ2) is 6.62. The Labute approximate surface area is 133 Å². The number of sulfonamides is 1. The summed E-state index contributed by atoms with van der Waals surface area (Å²) >= 11 is 3.08. The molecule has 7 heteroatoms. The first kappa shape index (κ1) is 16.7. The fourth-order valence-electron chi connectivity index (χ4n) is 2.72. The SMILES string of the molecule is CCC1CCC(NS(=O)(=O)c2cc(N)c(Br)cc2F)CC1. The largest absolute Gasteiger partial charge is 0.398 e. The Morgan fingerprint density at radius 1 is 1.33 bits per heavy atom. The fourth-order valence-corrected chi connectivity index (χ4v) is 4.44. The van der Waals surface area contributed by atoms with Gasteiger partial charge in [0.05, 0.1) is 0 Å². The maximum absolute atomic E-state index is 13.9. The third-order valence-corrected chi connectivity index (χ3v) is 6.31. The summed E-state index contributed by atoms with van der Waals surface area (Å²) in [5.74, 6) is -0.128. The van der Waals surface area contributed by atoms with Crippen molar-refractivity contribution in [3.63, 3.8) is 0 Å². The minimum absolute atomic E-state index is 0.123. The lowest BCUT2D eigenvalue weighted by molar-refractivity contribution is 0.306. The highest BCUT2D eigenvalue weighted by atomic mass is 79.9. The van der Waals surface area contributed by atoms with Crippen molar-refractivity contribution >= 4 is 31.6 Å². The number of nitrogen functional groups attached to an aromatic ring is 1. The second-order valence-electron chi connectivity index (χ2n) is 5.55. The minimum Gasteiger partial charge on any atom is -0.398 e. The molecule has 0 unspecified atom stereocenters. The number of anilines is 1. The smallest absolute Gasteiger partial charge is 0.243 e. The summed E-state index contributed by atoms with van der Waals surface area (Å²) in [5, 5.41) is 0. The highest BCUT2D eigenvalue weighted by Gasteiger charge is 2.27. The standard InChI is InChI=1S/C14H20BrFN2O2S/c1-2-9-3-5-10(6-4-9)18-21(19,20)14-8-13(17)11(15)7-12(14)16/h7-10,18H,2-6,17H2,1H3. The van der Waals surface area contributed by atoms with Gasteiger partial charge in [0.25, 0.3) is 0 Å². The van der Waals surface area contributed by atoms with Crippen LogP contribution in [0.25, 0.3) is 0 Å². The predicted molar refractivity (Wildman–Crippen MR) is 84.9 cm³/mol.